The highest BCUT2D eigenvalue weighted by Gasteiger charge is 2.54. The van der Waals surface area contributed by atoms with E-state index in [1.807, 2.05) is 6.07 Å². The van der Waals surface area contributed by atoms with Gasteiger partial charge in [0, 0.05) is 32.3 Å². The molecule has 1 aliphatic heterocycles. The van der Waals surface area contributed by atoms with Crippen molar-refractivity contribution in [3.8, 4) is 0 Å². The Bertz CT molecular complexity index is 1220. The van der Waals surface area contributed by atoms with Crippen molar-refractivity contribution in [3.05, 3.63) is 102 Å². The Morgan fingerprint density at radius 2 is 1.91 bits per heavy atom. The fraction of sp³-hybridized carbons (Fsp3) is 0.259. The van der Waals surface area contributed by atoms with Gasteiger partial charge in [-0.1, -0.05) is 48.5 Å². The zero-order chi connectivity index (χ0) is 25.0. The number of amides is 3. The highest BCUT2D eigenvalue weighted by atomic mass is 19.1. The van der Waals surface area contributed by atoms with Crippen LogP contribution in [0.1, 0.15) is 35.6 Å². The monoisotopic (exact) mass is 475 g/mol. The van der Waals surface area contributed by atoms with Crippen molar-refractivity contribution in [2.45, 2.75) is 30.9 Å². The van der Waals surface area contributed by atoms with E-state index in [4.69, 9.17) is 0 Å². The van der Waals surface area contributed by atoms with E-state index in [1.54, 1.807) is 54.9 Å². The first kappa shape index (κ1) is 24.2. The van der Waals surface area contributed by atoms with E-state index in [1.165, 1.54) is 30.1 Å². The Balaban J connectivity index is 1.60. The number of nitrogens with zero attached hydrogens (tertiary/aromatic N) is 3. The van der Waals surface area contributed by atoms with Crippen LogP contribution in [0.4, 0.5) is 4.39 Å². The van der Waals surface area contributed by atoms with Crippen molar-refractivity contribution in [2.75, 3.05) is 13.6 Å². The summed E-state index contributed by atoms with van der Waals surface area (Å²) in [5.74, 6) is -1.99. The van der Waals surface area contributed by atoms with Gasteiger partial charge < -0.3 is 10.0 Å². The second-order valence-corrected chi connectivity index (χ2v) is 8.79. The number of likely N-dealkylation sites (N-methyl/N-ethyl adjacent to an activating group) is 1. The van der Waals surface area contributed by atoms with Gasteiger partial charge in [-0.05, 0) is 34.9 Å². The maximum absolute atomic E-state index is 14.2. The highest BCUT2D eigenvalue weighted by Crippen LogP contribution is 2.41. The number of likely N-dealkylation sites (tertiary alicyclic amines) is 1. The van der Waals surface area contributed by atoms with Crippen LogP contribution in [-0.4, -0.2) is 51.2 Å². The smallest absolute Gasteiger partial charge is 0.241 e. The van der Waals surface area contributed by atoms with Crippen LogP contribution < -0.4 is 0 Å². The molecule has 3 amide bonds. The third kappa shape index (κ3) is 5.12. The van der Waals surface area contributed by atoms with Crippen LogP contribution >= 0.6 is 0 Å². The van der Waals surface area contributed by atoms with Gasteiger partial charge in [-0.3, -0.25) is 24.3 Å². The average Bonchev–Trinajstić information content (AvgIpc) is 3.10. The zero-order valence-electron chi connectivity index (χ0n) is 19.3. The molecule has 2 atom stereocenters. The molecule has 3 aromatic rings. The molecule has 180 valence electrons. The Hall–Kier alpha value is -3.91. The molecular formula is C27H26FN3O4. The van der Waals surface area contributed by atoms with E-state index in [0.29, 0.717) is 11.1 Å². The number of halogens is 1. The second-order valence-electron chi connectivity index (χ2n) is 8.79. The zero-order valence-corrected chi connectivity index (χ0v) is 19.3. The SMILES string of the molecule is CN(CC(O)c1ccccc1)C(=O)CC1(c2cccc(F)c2)CC(=O)N(Cc2cccnc2)C1=O. The minimum absolute atomic E-state index is 0.00358. The summed E-state index contributed by atoms with van der Waals surface area (Å²) < 4.78 is 14.2. The van der Waals surface area contributed by atoms with Crippen LogP contribution in [0.3, 0.4) is 0 Å². The Kier molecular flexibility index (Phi) is 7.02. The number of aliphatic hydroxyl groups is 1. The number of hydrogen-bond acceptors (Lipinski definition) is 5. The van der Waals surface area contributed by atoms with Gasteiger partial charge in [0.2, 0.25) is 17.7 Å². The standard InChI is InChI=1S/C27H26FN3O4/c1-30(18-23(32)20-8-3-2-4-9-20)24(33)14-27(21-10-5-11-22(28)13-21)15-25(34)31(26(27)35)17-19-7-6-12-29-16-19/h2-13,16,23,32H,14-15,17-18H2,1H3. The summed E-state index contributed by atoms with van der Waals surface area (Å²) in [4.78, 5) is 46.4. The third-order valence-electron chi connectivity index (χ3n) is 6.36. The Morgan fingerprint density at radius 1 is 1.14 bits per heavy atom. The lowest BCUT2D eigenvalue weighted by molar-refractivity contribution is -0.143. The molecule has 35 heavy (non-hydrogen) atoms. The van der Waals surface area contributed by atoms with E-state index in [0.717, 1.165) is 4.90 Å². The molecule has 0 saturated carbocycles. The van der Waals surface area contributed by atoms with Crippen LogP contribution in [0, 0.1) is 5.82 Å². The average molecular weight is 476 g/mol. The predicted molar refractivity (Wildman–Crippen MR) is 126 cm³/mol. The summed E-state index contributed by atoms with van der Waals surface area (Å²) in [6.07, 6.45) is 1.65. The highest BCUT2D eigenvalue weighted by molar-refractivity contribution is 6.10. The topological polar surface area (TPSA) is 90.8 Å². The minimum atomic E-state index is -1.54. The van der Waals surface area contributed by atoms with E-state index in [2.05, 4.69) is 4.98 Å². The Morgan fingerprint density at radius 3 is 2.60 bits per heavy atom. The molecule has 0 bridgehead atoms. The van der Waals surface area contributed by atoms with Gasteiger partial charge in [0.05, 0.1) is 24.6 Å². The Labute approximate surface area is 202 Å². The van der Waals surface area contributed by atoms with Gasteiger partial charge >= 0.3 is 0 Å². The minimum Gasteiger partial charge on any atom is -0.387 e. The summed E-state index contributed by atoms with van der Waals surface area (Å²) in [5, 5.41) is 10.5. The molecule has 0 aliphatic carbocycles. The van der Waals surface area contributed by atoms with Crippen LogP contribution in [0.2, 0.25) is 0 Å². The molecular weight excluding hydrogens is 449 g/mol. The first-order valence-corrected chi connectivity index (χ1v) is 11.3. The van der Waals surface area contributed by atoms with Gasteiger partial charge in [-0.2, -0.15) is 0 Å². The number of carbonyl (C=O) groups excluding carboxylic acids is 3. The fourth-order valence-corrected chi connectivity index (χ4v) is 4.42. The lowest BCUT2D eigenvalue weighted by Crippen LogP contribution is -2.43. The number of aromatic nitrogens is 1. The predicted octanol–water partition coefficient (Wildman–Crippen LogP) is 3.00. The number of carbonyl (C=O) groups is 3. The molecule has 0 spiro atoms. The molecule has 2 heterocycles. The van der Waals surface area contributed by atoms with Crippen molar-refractivity contribution in [3.63, 3.8) is 0 Å². The van der Waals surface area contributed by atoms with Gasteiger partial charge in [0.25, 0.3) is 0 Å². The lowest BCUT2D eigenvalue weighted by Gasteiger charge is -2.30. The van der Waals surface area contributed by atoms with Crippen molar-refractivity contribution in [1.82, 2.24) is 14.8 Å². The normalized spacial score (nSPS) is 18.5. The number of hydrogen-bond donors (Lipinski definition) is 1. The van der Waals surface area contributed by atoms with Crippen molar-refractivity contribution in [1.29, 1.82) is 0 Å². The summed E-state index contributed by atoms with van der Waals surface area (Å²) >= 11 is 0. The molecule has 1 aromatic heterocycles. The van der Waals surface area contributed by atoms with Crippen LogP contribution in [-0.2, 0) is 26.3 Å². The number of pyridine rings is 1. The molecule has 2 unspecified atom stereocenters. The van der Waals surface area contributed by atoms with E-state index >= 15 is 0 Å². The van der Waals surface area contributed by atoms with Gasteiger partial charge in [0.15, 0.2) is 0 Å². The van der Waals surface area contributed by atoms with Crippen molar-refractivity contribution < 1.29 is 23.9 Å². The number of benzene rings is 2. The van der Waals surface area contributed by atoms with Crippen molar-refractivity contribution in [2.24, 2.45) is 0 Å². The van der Waals surface area contributed by atoms with Gasteiger partial charge in [-0.25, -0.2) is 4.39 Å². The molecule has 4 rings (SSSR count). The lowest BCUT2D eigenvalue weighted by atomic mass is 9.75. The molecule has 1 saturated heterocycles. The molecule has 1 aliphatic rings. The molecule has 0 radical (unpaired) electrons. The first-order chi connectivity index (χ1) is 16.8. The molecule has 8 heteroatoms. The molecule has 7 nitrogen and oxygen atoms in total. The summed E-state index contributed by atoms with van der Waals surface area (Å²) in [7, 11) is 1.53. The fourth-order valence-electron chi connectivity index (χ4n) is 4.42. The summed E-state index contributed by atoms with van der Waals surface area (Å²) in [6.45, 7) is 0.0168. The van der Waals surface area contributed by atoms with Crippen LogP contribution in [0.25, 0.3) is 0 Å². The third-order valence-corrected chi connectivity index (χ3v) is 6.36. The molecule has 2 aromatic carbocycles. The van der Waals surface area contributed by atoms with Crippen LogP contribution in [0.15, 0.2) is 79.1 Å². The number of rotatable bonds is 8. The number of aliphatic hydroxyl groups excluding tert-OH is 1. The summed E-state index contributed by atoms with van der Waals surface area (Å²) in [5.41, 5.74) is 0.0556. The van der Waals surface area contributed by atoms with E-state index in [9.17, 15) is 23.9 Å². The second kappa shape index (κ2) is 10.1. The summed E-state index contributed by atoms with van der Waals surface area (Å²) in [6, 6.07) is 17.8. The molecule has 1 N–H and O–H groups in total. The first-order valence-electron chi connectivity index (χ1n) is 11.3. The van der Waals surface area contributed by atoms with Gasteiger partial charge in [-0.15, -0.1) is 0 Å². The van der Waals surface area contributed by atoms with Crippen molar-refractivity contribution >= 4 is 17.7 Å². The molecule has 1 fully saturated rings. The van der Waals surface area contributed by atoms with E-state index < -0.39 is 35.1 Å². The van der Waals surface area contributed by atoms with Crippen LogP contribution in [0.5, 0.6) is 0 Å². The number of imide groups is 1. The van der Waals surface area contributed by atoms with E-state index in [-0.39, 0.29) is 31.5 Å². The van der Waals surface area contributed by atoms with Gasteiger partial charge in [0.1, 0.15) is 5.82 Å². The largest absolute Gasteiger partial charge is 0.387 e. The maximum Gasteiger partial charge on any atom is 0.241 e. The maximum atomic E-state index is 14.2. The quantitative estimate of drug-likeness (QED) is 0.506.